The molecule has 1 heterocycles. The topological polar surface area (TPSA) is 38.9 Å². The molecule has 0 aliphatic heterocycles. The first-order valence-electron chi connectivity index (χ1n) is 5.93. The standard InChI is InChI=1S/C15H11ClN2O/c16-13-8-6-11(7-9-13)10-14-17-18-15(19-14)12-4-2-1-3-5-12/h1-9H,10H2. The van der Waals surface area contributed by atoms with Crippen LogP contribution in [0.3, 0.4) is 0 Å². The van der Waals surface area contributed by atoms with Crippen molar-refractivity contribution < 1.29 is 4.42 Å². The highest BCUT2D eigenvalue weighted by molar-refractivity contribution is 6.30. The third-order valence-corrected chi connectivity index (χ3v) is 3.01. The summed E-state index contributed by atoms with van der Waals surface area (Å²) in [7, 11) is 0. The van der Waals surface area contributed by atoms with Crippen molar-refractivity contribution in [1.82, 2.24) is 10.2 Å². The summed E-state index contributed by atoms with van der Waals surface area (Å²) in [6.45, 7) is 0. The molecule has 0 bridgehead atoms. The Morgan fingerprint density at radius 3 is 2.37 bits per heavy atom. The molecule has 3 nitrogen and oxygen atoms in total. The van der Waals surface area contributed by atoms with Crippen molar-refractivity contribution in [3.8, 4) is 11.5 Å². The number of aromatic nitrogens is 2. The normalized spacial score (nSPS) is 10.6. The second kappa shape index (κ2) is 5.24. The van der Waals surface area contributed by atoms with Crippen LogP contribution in [0.4, 0.5) is 0 Å². The zero-order valence-corrected chi connectivity index (χ0v) is 10.8. The zero-order valence-electron chi connectivity index (χ0n) is 10.1. The molecule has 19 heavy (non-hydrogen) atoms. The first-order valence-corrected chi connectivity index (χ1v) is 6.31. The molecule has 0 atom stereocenters. The minimum atomic E-state index is 0.546. The van der Waals surface area contributed by atoms with Gasteiger partial charge in [-0.15, -0.1) is 10.2 Å². The van der Waals surface area contributed by atoms with E-state index in [0.29, 0.717) is 18.2 Å². The van der Waals surface area contributed by atoms with E-state index in [0.717, 1.165) is 16.1 Å². The first-order chi connectivity index (χ1) is 9.31. The van der Waals surface area contributed by atoms with Gasteiger partial charge in [-0.05, 0) is 29.8 Å². The molecule has 0 spiro atoms. The molecule has 0 amide bonds. The van der Waals surface area contributed by atoms with Crippen LogP contribution in [0, 0.1) is 0 Å². The molecular weight excluding hydrogens is 260 g/mol. The molecule has 0 saturated carbocycles. The molecule has 2 aromatic carbocycles. The summed E-state index contributed by atoms with van der Waals surface area (Å²) in [6, 6.07) is 17.3. The summed E-state index contributed by atoms with van der Waals surface area (Å²) in [4.78, 5) is 0. The lowest BCUT2D eigenvalue weighted by molar-refractivity contribution is 0.518. The van der Waals surface area contributed by atoms with Crippen LogP contribution in [0.2, 0.25) is 5.02 Å². The van der Waals surface area contributed by atoms with Gasteiger partial charge in [0.25, 0.3) is 0 Å². The monoisotopic (exact) mass is 270 g/mol. The number of halogens is 1. The Morgan fingerprint density at radius 1 is 0.895 bits per heavy atom. The molecule has 0 saturated heterocycles. The highest BCUT2D eigenvalue weighted by Gasteiger charge is 2.08. The van der Waals surface area contributed by atoms with E-state index in [1.165, 1.54) is 0 Å². The number of benzene rings is 2. The van der Waals surface area contributed by atoms with Crippen LogP contribution < -0.4 is 0 Å². The predicted octanol–water partition coefficient (Wildman–Crippen LogP) is 3.98. The van der Waals surface area contributed by atoms with Crippen LogP contribution in [0.5, 0.6) is 0 Å². The second-order valence-electron chi connectivity index (χ2n) is 4.17. The Kier molecular flexibility index (Phi) is 3.29. The highest BCUT2D eigenvalue weighted by Crippen LogP contribution is 2.19. The van der Waals surface area contributed by atoms with Gasteiger partial charge in [-0.2, -0.15) is 0 Å². The van der Waals surface area contributed by atoms with Crippen molar-refractivity contribution >= 4 is 11.6 Å². The van der Waals surface area contributed by atoms with Gasteiger partial charge in [0.15, 0.2) is 0 Å². The smallest absolute Gasteiger partial charge is 0.247 e. The highest BCUT2D eigenvalue weighted by atomic mass is 35.5. The Hall–Kier alpha value is -2.13. The van der Waals surface area contributed by atoms with Gasteiger partial charge in [-0.1, -0.05) is 41.9 Å². The fourth-order valence-electron chi connectivity index (χ4n) is 1.80. The lowest BCUT2D eigenvalue weighted by Crippen LogP contribution is -1.87. The van der Waals surface area contributed by atoms with Gasteiger partial charge in [0.1, 0.15) is 0 Å². The number of rotatable bonds is 3. The predicted molar refractivity (Wildman–Crippen MR) is 74.0 cm³/mol. The Morgan fingerprint density at radius 2 is 1.63 bits per heavy atom. The van der Waals surface area contributed by atoms with Crippen LogP contribution in [0.1, 0.15) is 11.5 Å². The third kappa shape index (κ3) is 2.83. The Bertz CT molecular complexity index is 662. The van der Waals surface area contributed by atoms with Crippen LogP contribution in [-0.4, -0.2) is 10.2 Å². The maximum atomic E-state index is 5.85. The van der Waals surface area contributed by atoms with Crippen LogP contribution in [0.25, 0.3) is 11.5 Å². The number of nitrogens with zero attached hydrogens (tertiary/aromatic N) is 2. The third-order valence-electron chi connectivity index (χ3n) is 2.76. The maximum Gasteiger partial charge on any atom is 0.247 e. The van der Waals surface area contributed by atoms with E-state index in [1.807, 2.05) is 54.6 Å². The molecule has 0 fully saturated rings. The van der Waals surface area contributed by atoms with Gasteiger partial charge in [0.05, 0.1) is 6.42 Å². The van der Waals surface area contributed by atoms with Crippen molar-refractivity contribution in [2.75, 3.05) is 0 Å². The van der Waals surface area contributed by atoms with Gasteiger partial charge in [0.2, 0.25) is 11.8 Å². The van der Waals surface area contributed by atoms with Crippen molar-refractivity contribution in [1.29, 1.82) is 0 Å². The number of hydrogen-bond acceptors (Lipinski definition) is 3. The molecule has 0 aliphatic rings. The summed E-state index contributed by atoms with van der Waals surface area (Å²) in [5, 5.41) is 8.84. The van der Waals surface area contributed by atoms with E-state index in [2.05, 4.69) is 10.2 Å². The summed E-state index contributed by atoms with van der Waals surface area (Å²) in [6.07, 6.45) is 0.608. The maximum absolute atomic E-state index is 5.85. The second-order valence-corrected chi connectivity index (χ2v) is 4.61. The summed E-state index contributed by atoms with van der Waals surface area (Å²) < 4.78 is 5.65. The lowest BCUT2D eigenvalue weighted by atomic mass is 10.1. The molecule has 3 aromatic rings. The fraction of sp³-hybridized carbons (Fsp3) is 0.0667. The Balaban J connectivity index is 1.80. The van der Waals surface area contributed by atoms with Crippen molar-refractivity contribution in [2.45, 2.75) is 6.42 Å². The molecule has 0 radical (unpaired) electrons. The molecular formula is C15H11ClN2O. The molecule has 3 rings (SSSR count). The van der Waals surface area contributed by atoms with Crippen molar-refractivity contribution in [3.63, 3.8) is 0 Å². The van der Waals surface area contributed by atoms with E-state index in [1.54, 1.807) is 0 Å². The van der Waals surface area contributed by atoms with Crippen LogP contribution in [-0.2, 0) is 6.42 Å². The summed E-state index contributed by atoms with van der Waals surface area (Å²) in [5.41, 5.74) is 2.02. The molecule has 4 heteroatoms. The van der Waals surface area contributed by atoms with Gasteiger partial charge in [0, 0.05) is 10.6 Å². The van der Waals surface area contributed by atoms with Gasteiger partial charge in [-0.25, -0.2) is 0 Å². The molecule has 0 N–H and O–H groups in total. The van der Waals surface area contributed by atoms with E-state index >= 15 is 0 Å². The van der Waals surface area contributed by atoms with E-state index < -0.39 is 0 Å². The lowest BCUT2D eigenvalue weighted by Gasteiger charge is -1.97. The largest absolute Gasteiger partial charge is 0.420 e. The van der Waals surface area contributed by atoms with Crippen LogP contribution in [0.15, 0.2) is 59.0 Å². The quantitative estimate of drug-likeness (QED) is 0.722. The minimum absolute atomic E-state index is 0.546. The summed E-state index contributed by atoms with van der Waals surface area (Å²) >= 11 is 5.85. The SMILES string of the molecule is Clc1ccc(Cc2nnc(-c3ccccc3)o2)cc1. The first kappa shape index (κ1) is 11.9. The average molecular weight is 271 g/mol. The molecule has 94 valence electrons. The number of hydrogen-bond donors (Lipinski definition) is 0. The van der Waals surface area contributed by atoms with Crippen LogP contribution >= 0.6 is 11.6 Å². The fourth-order valence-corrected chi connectivity index (χ4v) is 1.93. The molecule has 1 aromatic heterocycles. The van der Waals surface area contributed by atoms with Gasteiger partial charge in [-0.3, -0.25) is 0 Å². The summed E-state index contributed by atoms with van der Waals surface area (Å²) in [5.74, 6) is 1.14. The average Bonchev–Trinajstić information content (AvgIpc) is 2.91. The van der Waals surface area contributed by atoms with E-state index in [4.69, 9.17) is 16.0 Å². The molecule has 0 aliphatic carbocycles. The Labute approximate surface area is 115 Å². The van der Waals surface area contributed by atoms with Gasteiger partial charge < -0.3 is 4.42 Å². The van der Waals surface area contributed by atoms with E-state index in [9.17, 15) is 0 Å². The zero-order chi connectivity index (χ0) is 13.1. The van der Waals surface area contributed by atoms with Crippen molar-refractivity contribution in [2.24, 2.45) is 0 Å². The van der Waals surface area contributed by atoms with E-state index in [-0.39, 0.29) is 0 Å². The molecule has 0 unspecified atom stereocenters. The van der Waals surface area contributed by atoms with Crippen molar-refractivity contribution in [3.05, 3.63) is 71.1 Å². The van der Waals surface area contributed by atoms with Gasteiger partial charge >= 0.3 is 0 Å². The minimum Gasteiger partial charge on any atom is -0.420 e.